The largest absolute Gasteiger partial charge is 0.478 e. The molecule has 21 heavy (non-hydrogen) atoms. The van der Waals surface area contributed by atoms with E-state index in [1.54, 1.807) is 18.2 Å². The molecule has 5 nitrogen and oxygen atoms in total. The molecule has 0 spiro atoms. The second-order valence-electron chi connectivity index (χ2n) is 4.23. The molecule has 0 fully saturated rings. The molecule has 0 aromatic heterocycles. The van der Waals surface area contributed by atoms with Crippen molar-refractivity contribution in [3.8, 4) is 0 Å². The van der Waals surface area contributed by atoms with Crippen molar-refractivity contribution >= 4 is 33.3 Å². The van der Waals surface area contributed by atoms with Crippen LogP contribution >= 0.6 is 11.6 Å². The molecule has 7 heteroatoms. The zero-order valence-electron chi connectivity index (χ0n) is 11.0. The molecule has 0 amide bonds. The highest BCUT2D eigenvalue weighted by atomic mass is 35.5. The van der Waals surface area contributed by atoms with Crippen molar-refractivity contribution in [1.29, 1.82) is 0 Å². The average Bonchev–Trinajstić information content (AvgIpc) is 2.46. The van der Waals surface area contributed by atoms with Gasteiger partial charge in [0.15, 0.2) is 0 Å². The van der Waals surface area contributed by atoms with Gasteiger partial charge in [0, 0.05) is 7.05 Å². The van der Waals surface area contributed by atoms with E-state index in [0.717, 1.165) is 4.31 Å². The van der Waals surface area contributed by atoms with Gasteiger partial charge in [0.1, 0.15) is 4.90 Å². The molecular formula is C14H12ClNO4S. The number of hydrogen-bond donors (Lipinski definition) is 1. The molecule has 0 heterocycles. The molecule has 0 aliphatic rings. The third-order valence-corrected chi connectivity index (χ3v) is 5.22. The smallest absolute Gasteiger partial charge is 0.337 e. The van der Waals surface area contributed by atoms with E-state index in [0.29, 0.717) is 0 Å². The van der Waals surface area contributed by atoms with Crippen molar-refractivity contribution in [3.63, 3.8) is 0 Å². The van der Waals surface area contributed by atoms with Gasteiger partial charge in [-0.15, -0.1) is 0 Å². The molecule has 2 aromatic rings. The van der Waals surface area contributed by atoms with Gasteiger partial charge in [0.2, 0.25) is 0 Å². The molecule has 110 valence electrons. The van der Waals surface area contributed by atoms with Crippen LogP contribution in [0.3, 0.4) is 0 Å². The summed E-state index contributed by atoms with van der Waals surface area (Å²) < 4.78 is 26.1. The summed E-state index contributed by atoms with van der Waals surface area (Å²) >= 11 is 5.92. The maximum absolute atomic E-state index is 12.6. The van der Waals surface area contributed by atoms with Crippen molar-refractivity contribution in [2.75, 3.05) is 11.4 Å². The van der Waals surface area contributed by atoms with Crippen LogP contribution in [0.1, 0.15) is 10.4 Å². The number of carboxylic acid groups (broad SMARTS) is 1. The summed E-state index contributed by atoms with van der Waals surface area (Å²) in [5.41, 5.74) is -0.0273. The first kappa shape index (κ1) is 15.3. The zero-order valence-corrected chi connectivity index (χ0v) is 12.6. The van der Waals surface area contributed by atoms with E-state index in [2.05, 4.69) is 0 Å². The number of aromatic carboxylic acids is 1. The van der Waals surface area contributed by atoms with Crippen LogP contribution in [0.25, 0.3) is 0 Å². The fourth-order valence-corrected chi connectivity index (χ4v) is 3.57. The Morgan fingerprint density at radius 2 is 1.67 bits per heavy atom. The van der Waals surface area contributed by atoms with Gasteiger partial charge < -0.3 is 5.11 Å². The van der Waals surface area contributed by atoms with Crippen molar-refractivity contribution in [2.24, 2.45) is 0 Å². The van der Waals surface area contributed by atoms with Crippen LogP contribution in [0.5, 0.6) is 0 Å². The van der Waals surface area contributed by atoms with Crippen molar-refractivity contribution in [2.45, 2.75) is 4.90 Å². The molecule has 0 radical (unpaired) electrons. The maximum Gasteiger partial charge on any atom is 0.337 e. The normalized spacial score (nSPS) is 11.1. The van der Waals surface area contributed by atoms with Crippen molar-refractivity contribution < 1.29 is 18.3 Å². The molecule has 0 atom stereocenters. The molecular weight excluding hydrogens is 314 g/mol. The number of carbonyl (C=O) groups is 1. The molecule has 2 rings (SSSR count). The first-order chi connectivity index (χ1) is 9.85. The van der Waals surface area contributed by atoms with E-state index in [9.17, 15) is 13.2 Å². The summed E-state index contributed by atoms with van der Waals surface area (Å²) in [6, 6.07) is 11.9. The molecule has 0 aliphatic heterocycles. The van der Waals surface area contributed by atoms with Crippen LogP contribution in [0.15, 0.2) is 53.4 Å². The number of halogens is 1. The van der Waals surface area contributed by atoms with Crippen LogP contribution in [-0.4, -0.2) is 26.5 Å². The monoisotopic (exact) mass is 325 g/mol. The molecule has 0 saturated heterocycles. The molecule has 0 saturated carbocycles. The predicted octanol–water partition coefficient (Wildman–Crippen LogP) is 2.86. The van der Waals surface area contributed by atoms with Gasteiger partial charge in [-0.3, -0.25) is 4.31 Å². The van der Waals surface area contributed by atoms with Crippen molar-refractivity contribution in [1.82, 2.24) is 0 Å². The van der Waals surface area contributed by atoms with Crippen molar-refractivity contribution in [3.05, 3.63) is 59.1 Å². The van der Waals surface area contributed by atoms with Gasteiger partial charge in [-0.25, -0.2) is 13.2 Å². The number of rotatable bonds is 4. The lowest BCUT2D eigenvalue weighted by Crippen LogP contribution is -2.28. The minimum atomic E-state index is -3.94. The lowest BCUT2D eigenvalue weighted by molar-refractivity contribution is 0.0698. The van der Waals surface area contributed by atoms with E-state index in [4.69, 9.17) is 16.7 Å². The number of para-hydroxylation sites is 1. The molecule has 0 unspecified atom stereocenters. The lowest BCUT2D eigenvalue weighted by atomic mass is 10.2. The van der Waals surface area contributed by atoms with Gasteiger partial charge >= 0.3 is 5.97 Å². The minimum absolute atomic E-state index is 0.0740. The Hall–Kier alpha value is -2.05. The summed E-state index contributed by atoms with van der Waals surface area (Å²) in [5, 5.41) is 9.24. The van der Waals surface area contributed by atoms with Crippen LogP contribution in [0, 0.1) is 0 Å². The van der Waals surface area contributed by atoms with Gasteiger partial charge in [-0.05, 0) is 24.3 Å². The first-order valence-electron chi connectivity index (χ1n) is 5.91. The quantitative estimate of drug-likeness (QED) is 0.938. The summed E-state index contributed by atoms with van der Waals surface area (Å²) in [6.45, 7) is 0. The Bertz CT molecular complexity index is 789. The Morgan fingerprint density at radius 3 is 2.29 bits per heavy atom. The minimum Gasteiger partial charge on any atom is -0.478 e. The first-order valence-corrected chi connectivity index (χ1v) is 7.73. The fraction of sp³-hybridized carbons (Fsp3) is 0.0714. The van der Waals surface area contributed by atoms with Gasteiger partial charge in [0.25, 0.3) is 10.0 Å². The molecule has 0 bridgehead atoms. The number of hydrogen-bond acceptors (Lipinski definition) is 3. The number of nitrogens with zero attached hydrogens (tertiary/aromatic N) is 1. The summed E-state index contributed by atoms with van der Waals surface area (Å²) in [6.07, 6.45) is 0. The molecule has 2 aromatic carbocycles. The topological polar surface area (TPSA) is 74.7 Å². The van der Waals surface area contributed by atoms with Gasteiger partial charge in [-0.1, -0.05) is 35.9 Å². The highest BCUT2D eigenvalue weighted by Gasteiger charge is 2.26. The Labute approximate surface area is 127 Å². The van der Waals surface area contributed by atoms with Crippen LogP contribution in [0.4, 0.5) is 5.69 Å². The third kappa shape index (κ3) is 2.86. The number of anilines is 1. The lowest BCUT2D eigenvalue weighted by Gasteiger charge is -2.21. The van der Waals surface area contributed by atoms with E-state index in [-0.39, 0.29) is 21.2 Å². The predicted molar refractivity (Wildman–Crippen MR) is 80.4 cm³/mol. The van der Waals surface area contributed by atoms with E-state index >= 15 is 0 Å². The summed E-state index contributed by atoms with van der Waals surface area (Å²) in [5.74, 6) is -1.20. The van der Waals surface area contributed by atoms with E-state index in [1.165, 1.54) is 37.4 Å². The third-order valence-electron chi connectivity index (χ3n) is 2.95. The highest BCUT2D eigenvalue weighted by Crippen LogP contribution is 2.29. The SMILES string of the molecule is CN(c1ccccc1C(=O)O)S(=O)(=O)c1ccccc1Cl. The van der Waals surface area contributed by atoms with Crippen LogP contribution < -0.4 is 4.31 Å². The Balaban J connectivity index is 2.57. The second kappa shape index (κ2) is 5.75. The standard InChI is InChI=1S/C14H12ClNO4S/c1-16(12-8-4-2-6-10(12)14(17)18)21(19,20)13-9-5-3-7-11(13)15/h2-9H,1H3,(H,17,18). The molecule has 1 N–H and O–H groups in total. The Kier molecular flexibility index (Phi) is 4.20. The average molecular weight is 326 g/mol. The zero-order chi connectivity index (χ0) is 15.6. The summed E-state index contributed by atoms with van der Waals surface area (Å²) in [4.78, 5) is 11.1. The maximum atomic E-state index is 12.6. The number of benzene rings is 2. The number of carboxylic acids is 1. The highest BCUT2D eigenvalue weighted by molar-refractivity contribution is 7.93. The van der Waals surface area contributed by atoms with E-state index in [1.807, 2.05) is 0 Å². The summed E-state index contributed by atoms with van der Waals surface area (Å²) in [7, 11) is -2.65. The van der Waals surface area contributed by atoms with Crippen LogP contribution in [0.2, 0.25) is 5.02 Å². The molecule has 0 aliphatic carbocycles. The van der Waals surface area contributed by atoms with Crippen LogP contribution in [-0.2, 0) is 10.0 Å². The fourth-order valence-electron chi connectivity index (χ4n) is 1.86. The Morgan fingerprint density at radius 1 is 1.10 bits per heavy atom. The number of sulfonamides is 1. The van der Waals surface area contributed by atoms with E-state index < -0.39 is 16.0 Å². The van der Waals surface area contributed by atoms with Gasteiger partial charge in [-0.2, -0.15) is 0 Å². The second-order valence-corrected chi connectivity index (χ2v) is 6.57. The van der Waals surface area contributed by atoms with Gasteiger partial charge in [0.05, 0.1) is 16.3 Å².